The molecule has 0 saturated carbocycles. The molecule has 0 bridgehead atoms. The molecule has 1 aromatic carbocycles. The standard InChI is InChI=1S/C15H15ClN4O5/c16-11-6-13-14(25-5-1-4-24-13)7-12(11)18-15(21)2-3-19-9-10(8-17-19)20(22)23/h6-9H,1-5H2,(H,18,21). The normalized spacial score (nSPS) is 13.2. The third-order valence-electron chi connectivity index (χ3n) is 3.51. The summed E-state index contributed by atoms with van der Waals surface area (Å²) in [4.78, 5) is 22.2. The van der Waals surface area contributed by atoms with Crippen molar-refractivity contribution < 1.29 is 19.2 Å². The number of nitro groups is 1. The first kappa shape index (κ1) is 17.0. The van der Waals surface area contributed by atoms with Crippen molar-refractivity contribution in [2.24, 2.45) is 0 Å². The first-order valence-electron chi connectivity index (χ1n) is 7.59. The number of benzene rings is 1. The molecule has 132 valence electrons. The van der Waals surface area contributed by atoms with Crippen LogP contribution in [0.5, 0.6) is 11.5 Å². The second kappa shape index (κ2) is 7.39. The Hall–Kier alpha value is -2.81. The summed E-state index contributed by atoms with van der Waals surface area (Å²) in [5, 5.41) is 17.5. The molecule has 25 heavy (non-hydrogen) atoms. The van der Waals surface area contributed by atoms with Gasteiger partial charge in [0.2, 0.25) is 5.91 Å². The van der Waals surface area contributed by atoms with Crippen molar-refractivity contribution >= 4 is 28.9 Å². The summed E-state index contributed by atoms with van der Waals surface area (Å²) in [7, 11) is 0. The average molecular weight is 367 g/mol. The number of hydrogen-bond donors (Lipinski definition) is 1. The van der Waals surface area contributed by atoms with Gasteiger partial charge < -0.3 is 14.8 Å². The molecule has 1 aliphatic rings. The monoisotopic (exact) mass is 366 g/mol. The van der Waals surface area contributed by atoms with Crippen LogP contribution in [0, 0.1) is 10.1 Å². The summed E-state index contributed by atoms with van der Waals surface area (Å²) in [6, 6.07) is 3.23. The first-order chi connectivity index (χ1) is 12.0. The van der Waals surface area contributed by atoms with E-state index in [9.17, 15) is 14.9 Å². The van der Waals surface area contributed by atoms with Gasteiger partial charge in [-0.05, 0) is 0 Å². The molecule has 0 atom stereocenters. The maximum absolute atomic E-state index is 12.1. The van der Waals surface area contributed by atoms with E-state index in [1.165, 1.54) is 10.9 Å². The Bertz CT molecular complexity index is 807. The first-order valence-corrected chi connectivity index (χ1v) is 7.96. The van der Waals surface area contributed by atoms with E-state index in [0.29, 0.717) is 35.4 Å². The average Bonchev–Trinajstić information content (AvgIpc) is 2.94. The summed E-state index contributed by atoms with van der Waals surface area (Å²) in [6.45, 7) is 1.28. The zero-order chi connectivity index (χ0) is 17.8. The zero-order valence-corrected chi connectivity index (χ0v) is 13.9. The molecule has 2 heterocycles. The fourth-order valence-corrected chi connectivity index (χ4v) is 2.48. The van der Waals surface area contributed by atoms with Crippen LogP contribution in [0.3, 0.4) is 0 Å². The maximum Gasteiger partial charge on any atom is 0.306 e. The van der Waals surface area contributed by atoms with Crippen molar-refractivity contribution in [3.8, 4) is 11.5 Å². The number of nitrogens with one attached hydrogen (secondary N) is 1. The number of nitrogens with zero attached hydrogens (tertiary/aromatic N) is 3. The molecule has 3 rings (SSSR count). The highest BCUT2D eigenvalue weighted by Crippen LogP contribution is 2.37. The number of hydrogen-bond acceptors (Lipinski definition) is 6. The molecule has 10 heteroatoms. The van der Waals surface area contributed by atoms with E-state index in [-0.39, 0.29) is 24.6 Å². The quantitative estimate of drug-likeness (QED) is 0.643. The van der Waals surface area contributed by atoms with Crippen LogP contribution < -0.4 is 14.8 Å². The van der Waals surface area contributed by atoms with Gasteiger partial charge in [-0.2, -0.15) is 5.10 Å². The largest absolute Gasteiger partial charge is 0.490 e. The van der Waals surface area contributed by atoms with E-state index in [0.717, 1.165) is 12.6 Å². The lowest BCUT2D eigenvalue weighted by Gasteiger charge is -2.12. The van der Waals surface area contributed by atoms with Gasteiger partial charge in [0, 0.05) is 31.5 Å². The van der Waals surface area contributed by atoms with E-state index in [2.05, 4.69) is 10.4 Å². The second-order valence-electron chi connectivity index (χ2n) is 5.35. The number of carbonyl (C=O) groups excluding carboxylic acids is 1. The summed E-state index contributed by atoms with van der Waals surface area (Å²) >= 11 is 6.17. The number of aromatic nitrogens is 2. The minimum absolute atomic E-state index is 0.0869. The number of carbonyl (C=O) groups is 1. The molecule has 0 saturated heterocycles. The smallest absolute Gasteiger partial charge is 0.306 e. The van der Waals surface area contributed by atoms with Crippen molar-refractivity contribution in [1.29, 1.82) is 0 Å². The van der Waals surface area contributed by atoms with E-state index in [4.69, 9.17) is 21.1 Å². The lowest BCUT2D eigenvalue weighted by Crippen LogP contribution is -2.15. The number of anilines is 1. The predicted molar refractivity (Wildman–Crippen MR) is 89.2 cm³/mol. The van der Waals surface area contributed by atoms with Crippen molar-refractivity contribution in [2.75, 3.05) is 18.5 Å². The van der Waals surface area contributed by atoms with Crippen molar-refractivity contribution in [3.63, 3.8) is 0 Å². The molecule has 0 spiro atoms. The van der Waals surface area contributed by atoms with Crippen molar-refractivity contribution in [3.05, 3.63) is 39.7 Å². The van der Waals surface area contributed by atoms with Crippen LogP contribution in [0.4, 0.5) is 11.4 Å². The molecular weight excluding hydrogens is 352 g/mol. The molecular formula is C15H15ClN4O5. The van der Waals surface area contributed by atoms with Gasteiger partial charge in [-0.1, -0.05) is 11.6 Å². The van der Waals surface area contributed by atoms with Crippen LogP contribution in [0.2, 0.25) is 5.02 Å². The number of ether oxygens (including phenoxy) is 2. The summed E-state index contributed by atoms with van der Waals surface area (Å²) in [5.41, 5.74) is 0.300. The van der Waals surface area contributed by atoms with Gasteiger partial charge in [0.15, 0.2) is 11.5 Å². The Kier molecular flexibility index (Phi) is 5.03. The third-order valence-corrected chi connectivity index (χ3v) is 3.82. The van der Waals surface area contributed by atoms with Crippen molar-refractivity contribution in [1.82, 2.24) is 9.78 Å². The molecule has 0 unspecified atom stereocenters. The Morgan fingerprint density at radius 2 is 2.08 bits per heavy atom. The molecule has 2 aromatic rings. The molecule has 1 amide bonds. The van der Waals surface area contributed by atoms with Crippen LogP contribution in [0.1, 0.15) is 12.8 Å². The highest BCUT2D eigenvalue weighted by Gasteiger charge is 2.16. The minimum atomic E-state index is -0.541. The number of aryl methyl sites for hydroxylation is 1. The van der Waals surface area contributed by atoms with Crippen LogP contribution in [0.15, 0.2) is 24.5 Å². The number of amides is 1. The maximum atomic E-state index is 12.1. The fraction of sp³-hybridized carbons (Fsp3) is 0.333. The molecule has 9 nitrogen and oxygen atoms in total. The number of halogens is 1. The van der Waals surface area contributed by atoms with Crippen LogP contribution in [-0.2, 0) is 11.3 Å². The molecule has 1 aliphatic heterocycles. The molecule has 1 N–H and O–H groups in total. The van der Waals surface area contributed by atoms with Crippen LogP contribution in [-0.4, -0.2) is 33.8 Å². The lowest BCUT2D eigenvalue weighted by atomic mass is 10.2. The fourth-order valence-electron chi connectivity index (χ4n) is 2.28. The Morgan fingerprint density at radius 3 is 2.76 bits per heavy atom. The van der Waals surface area contributed by atoms with E-state index in [1.54, 1.807) is 12.1 Å². The van der Waals surface area contributed by atoms with E-state index >= 15 is 0 Å². The summed E-state index contributed by atoms with van der Waals surface area (Å²) in [5.74, 6) is 0.777. The molecule has 0 radical (unpaired) electrons. The minimum Gasteiger partial charge on any atom is -0.490 e. The highest BCUT2D eigenvalue weighted by molar-refractivity contribution is 6.34. The topological polar surface area (TPSA) is 109 Å². The van der Waals surface area contributed by atoms with Crippen LogP contribution in [0.25, 0.3) is 0 Å². The Labute approximate surface area is 147 Å². The van der Waals surface area contributed by atoms with Crippen LogP contribution >= 0.6 is 11.6 Å². The zero-order valence-electron chi connectivity index (χ0n) is 13.1. The van der Waals surface area contributed by atoms with Gasteiger partial charge >= 0.3 is 5.69 Å². The number of fused-ring (bicyclic) bond motifs is 1. The van der Waals surface area contributed by atoms with Gasteiger partial charge in [-0.15, -0.1) is 0 Å². The van der Waals surface area contributed by atoms with E-state index < -0.39 is 4.92 Å². The second-order valence-corrected chi connectivity index (χ2v) is 5.75. The van der Waals surface area contributed by atoms with E-state index in [1.807, 2.05) is 0 Å². The van der Waals surface area contributed by atoms with Gasteiger partial charge in [0.05, 0.1) is 28.8 Å². The molecule has 1 aromatic heterocycles. The lowest BCUT2D eigenvalue weighted by molar-refractivity contribution is -0.385. The molecule has 0 fully saturated rings. The summed E-state index contributed by atoms with van der Waals surface area (Å²) in [6.07, 6.45) is 3.26. The number of rotatable bonds is 5. The highest BCUT2D eigenvalue weighted by atomic mass is 35.5. The Balaban J connectivity index is 1.62. The van der Waals surface area contributed by atoms with Crippen molar-refractivity contribution in [2.45, 2.75) is 19.4 Å². The van der Waals surface area contributed by atoms with Gasteiger partial charge in [-0.25, -0.2) is 0 Å². The van der Waals surface area contributed by atoms with Gasteiger partial charge in [-0.3, -0.25) is 19.6 Å². The third kappa shape index (κ3) is 4.18. The summed E-state index contributed by atoms with van der Waals surface area (Å²) < 4.78 is 12.4. The SMILES string of the molecule is O=C(CCn1cc([N+](=O)[O-])cn1)Nc1cc2c(cc1Cl)OCCCO2. The molecule has 0 aliphatic carbocycles. The Morgan fingerprint density at radius 1 is 1.36 bits per heavy atom. The van der Waals surface area contributed by atoms with Gasteiger partial charge in [0.25, 0.3) is 0 Å². The predicted octanol–water partition coefficient (Wildman–Crippen LogP) is 2.63. The van der Waals surface area contributed by atoms with Gasteiger partial charge in [0.1, 0.15) is 12.4 Å².